The average molecular weight is 288 g/mol. The number of rotatable bonds is 4. The van der Waals surface area contributed by atoms with Crippen LogP contribution in [0.15, 0.2) is 30.3 Å². The van der Waals surface area contributed by atoms with E-state index < -0.39 is 12.1 Å². The van der Waals surface area contributed by atoms with Crippen molar-refractivity contribution in [2.75, 3.05) is 0 Å². The zero-order valence-electron chi connectivity index (χ0n) is 13.2. The summed E-state index contributed by atoms with van der Waals surface area (Å²) in [4.78, 5) is 27.0. The quantitative estimate of drug-likeness (QED) is 0.926. The molecule has 1 aliphatic rings. The predicted molar refractivity (Wildman–Crippen MR) is 82.6 cm³/mol. The van der Waals surface area contributed by atoms with Gasteiger partial charge in [-0.1, -0.05) is 43.7 Å². The van der Waals surface area contributed by atoms with Crippen molar-refractivity contribution in [3.05, 3.63) is 35.9 Å². The molecule has 0 aromatic heterocycles. The van der Waals surface area contributed by atoms with Crippen molar-refractivity contribution in [3.63, 3.8) is 0 Å². The minimum atomic E-state index is -0.578. The van der Waals surface area contributed by atoms with Gasteiger partial charge < -0.3 is 10.2 Å². The highest BCUT2D eigenvalue weighted by molar-refractivity contribution is 5.97. The van der Waals surface area contributed by atoms with E-state index in [1.54, 1.807) is 11.8 Å². The normalized spacial score (nSPS) is 23.1. The van der Waals surface area contributed by atoms with E-state index in [9.17, 15) is 9.59 Å². The Kier molecular flexibility index (Phi) is 4.35. The molecule has 21 heavy (non-hydrogen) atoms. The lowest BCUT2D eigenvalue weighted by Gasteiger charge is -2.47. The van der Waals surface area contributed by atoms with Crippen molar-refractivity contribution in [2.45, 2.75) is 58.2 Å². The first kappa shape index (κ1) is 15.5. The second-order valence-corrected chi connectivity index (χ2v) is 6.30. The topological polar surface area (TPSA) is 49.4 Å². The molecule has 4 nitrogen and oxygen atoms in total. The number of nitrogens with zero attached hydrogens (tertiary/aromatic N) is 1. The van der Waals surface area contributed by atoms with Crippen molar-refractivity contribution < 1.29 is 9.59 Å². The van der Waals surface area contributed by atoms with Crippen molar-refractivity contribution in [3.8, 4) is 0 Å². The van der Waals surface area contributed by atoms with E-state index in [1.807, 2.05) is 44.2 Å². The van der Waals surface area contributed by atoms with Gasteiger partial charge >= 0.3 is 0 Å². The molecule has 2 unspecified atom stereocenters. The standard InChI is InChI=1S/C17H24N2O2/c1-5-11-17(3,4)19-12(2)15(20)18-14(16(19)21)13-9-7-6-8-10-13/h6-10,12,14H,5,11H2,1-4H3,(H,18,20). The highest BCUT2D eigenvalue weighted by atomic mass is 16.2. The van der Waals surface area contributed by atoms with E-state index in [4.69, 9.17) is 0 Å². The second kappa shape index (κ2) is 5.88. The summed E-state index contributed by atoms with van der Waals surface area (Å²) < 4.78 is 0. The molecule has 1 saturated heterocycles. The number of nitrogens with one attached hydrogen (secondary N) is 1. The van der Waals surface area contributed by atoms with Crippen molar-refractivity contribution >= 4 is 11.8 Å². The van der Waals surface area contributed by atoms with E-state index in [1.165, 1.54) is 0 Å². The van der Waals surface area contributed by atoms with E-state index in [0.29, 0.717) is 0 Å². The van der Waals surface area contributed by atoms with Crippen LogP contribution < -0.4 is 5.32 Å². The fourth-order valence-corrected chi connectivity index (χ4v) is 3.20. The van der Waals surface area contributed by atoms with Gasteiger partial charge in [0.1, 0.15) is 12.1 Å². The molecule has 0 aliphatic carbocycles. The van der Waals surface area contributed by atoms with Gasteiger partial charge in [-0.3, -0.25) is 9.59 Å². The van der Waals surface area contributed by atoms with E-state index in [2.05, 4.69) is 12.2 Å². The van der Waals surface area contributed by atoms with Gasteiger partial charge in [0.15, 0.2) is 0 Å². The Bertz CT molecular complexity index is 525. The average Bonchev–Trinajstić information content (AvgIpc) is 2.43. The summed E-state index contributed by atoms with van der Waals surface area (Å²) in [5.74, 6) is -0.112. The van der Waals surface area contributed by atoms with E-state index >= 15 is 0 Å². The van der Waals surface area contributed by atoms with Crippen LogP contribution in [-0.4, -0.2) is 28.3 Å². The molecule has 114 valence electrons. The molecular weight excluding hydrogens is 264 g/mol. The summed E-state index contributed by atoms with van der Waals surface area (Å²) in [6, 6.07) is 8.42. The molecule has 1 fully saturated rings. The van der Waals surface area contributed by atoms with Crippen LogP contribution in [0.1, 0.15) is 52.1 Å². The fraction of sp³-hybridized carbons (Fsp3) is 0.529. The highest BCUT2D eigenvalue weighted by Crippen LogP contribution is 2.30. The van der Waals surface area contributed by atoms with Crippen molar-refractivity contribution in [2.24, 2.45) is 0 Å². The van der Waals surface area contributed by atoms with Gasteiger partial charge in [0.25, 0.3) is 5.91 Å². The summed E-state index contributed by atoms with van der Waals surface area (Å²) >= 11 is 0. The largest absolute Gasteiger partial charge is 0.339 e. The summed E-state index contributed by atoms with van der Waals surface area (Å²) in [6.07, 6.45) is 1.85. The van der Waals surface area contributed by atoms with Crippen LogP contribution in [0.25, 0.3) is 0 Å². The van der Waals surface area contributed by atoms with Gasteiger partial charge in [-0.25, -0.2) is 0 Å². The fourth-order valence-electron chi connectivity index (χ4n) is 3.20. The molecule has 2 rings (SSSR count). The van der Waals surface area contributed by atoms with Crippen molar-refractivity contribution in [1.82, 2.24) is 10.2 Å². The molecular formula is C17H24N2O2. The maximum atomic E-state index is 12.9. The van der Waals surface area contributed by atoms with Crippen LogP contribution in [-0.2, 0) is 9.59 Å². The van der Waals surface area contributed by atoms with Gasteiger partial charge in [-0.05, 0) is 32.8 Å². The first-order chi connectivity index (χ1) is 9.88. The lowest BCUT2D eigenvalue weighted by Crippen LogP contribution is -2.64. The molecule has 0 radical (unpaired) electrons. The minimum absolute atomic E-state index is 0.0215. The third-order valence-corrected chi connectivity index (χ3v) is 4.18. The third kappa shape index (κ3) is 2.94. The number of benzene rings is 1. The van der Waals surface area contributed by atoms with Crippen LogP contribution in [0.5, 0.6) is 0 Å². The molecule has 1 aromatic carbocycles. The highest BCUT2D eigenvalue weighted by Gasteiger charge is 2.44. The molecule has 1 heterocycles. The molecule has 1 aromatic rings. The van der Waals surface area contributed by atoms with E-state index in [-0.39, 0.29) is 17.4 Å². The smallest absolute Gasteiger partial charge is 0.250 e. The molecule has 1 N–H and O–H groups in total. The maximum absolute atomic E-state index is 12.9. The van der Waals surface area contributed by atoms with Gasteiger partial charge in [0.2, 0.25) is 5.91 Å². The SMILES string of the molecule is CCCC(C)(C)N1C(=O)C(c2ccccc2)NC(=O)C1C. The molecule has 2 atom stereocenters. The number of amides is 2. The number of carbonyl (C=O) groups excluding carboxylic acids is 2. The Labute approximate surface area is 126 Å². The van der Waals surface area contributed by atoms with Gasteiger partial charge in [-0.15, -0.1) is 0 Å². The van der Waals surface area contributed by atoms with Crippen LogP contribution in [0.4, 0.5) is 0 Å². The summed E-state index contributed by atoms with van der Waals surface area (Å²) in [6.45, 7) is 7.96. The number of piperazine rings is 1. The lowest BCUT2D eigenvalue weighted by atomic mass is 9.90. The lowest BCUT2D eigenvalue weighted by molar-refractivity contribution is -0.155. The first-order valence-electron chi connectivity index (χ1n) is 7.57. The van der Waals surface area contributed by atoms with Crippen molar-refractivity contribution in [1.29, 1.82) is 0 Å². The predicted octanol–water partition coefficient (Wildman–Crippen LogP) is 2.65. The van der Waals surface area contributed by atoms with Crippen LogP contribution in [0, 0.1) is 0 Å². The Morgan fingerprint density at radius 1 is 1.19 bits per heavy atom. The molecule has 1 aliphatic heterocycles. The third-order valence-electron chi connectivity index (χ3n) is 4.18. The second-order valence-electron chi connectivity index (χ2n) is 6.30. The van der Waals surface area contributed by atoms with Gasteiger partial charge in [0.05, 0.1) is 0 Å². The first-order valence-corrected chi connectivity index (χ1v) is 7.57. The minimum Gasteiger partial charge on any atom is -0.339 e. The summed E-state index contributed by atoms with van der Waals surface area (Å²) in [7, 11) is 0. The number of hydrogen-bond donors (Lipinski definition) is 1. The maximum Gasteiger partial charge on any atom is 0.250 e. The zero-order chi connectivity index (χ0) is 15.6. The van der Waals surface area contributed by atoms with Gasteiger partial charge in [-0.2, -0.15) is 0 Å². The monoisotopic (exact) mass is 288 g/mol. The number of carbonyl (C=O) groups is 2. The van der Waals surface area contributed by atoms with E-state index in [0.717, 1.165) is 18.4 Å². The van der Waals surface area contributed by atoms with Crippen LogP contribution >= 0.6 is 0 Å². The number of hydrogen-bond acceptors (Lipinski definition) is 2. The zero-order valence-corrected chi connectivity index (χ0v) is 13.2. The summed E-state index contributed by atoms with van der Waals surface area (Å²) in [5, 5.41) is 2.85. The molecule has 0 spiro atoms. The Balaban J connectivity index is 2.36. The van der Waals surface area contributed by atoms with Crippen LogP contribution in [0.2, 0.25) is 0 Å². The molecule has 0 bridgehead atoms. The van der Waals surface area contributed by atoms with Gasteiger partial charge in [0, 0.05) is 5.54 Å². The Morgan fingerprint density at radius 3 is 2.38 bits per heavy atom. The molecule has 4 heteroatoms. The molecule has 2 amide bonds. The summed E-state index contributed by atoms with van der Waals surface area (Å²) in [5.41, 5.74) is 0.510. The Hall–Kier alpha value is -1.84. The van der Waals surface area contributed by atoms with Crippen LogP contribution in [0.3, 0.4) is 0 Å². The molecule has 0 saturated carbocycles. The Morgan fingerprint density at radius 2 is 1.81 bits per heavy atom.